The molecule has 36 heavy (non-hydrogen) atoms. The Hall–Kier alpha value is -1.40. The number of fused-ring (bicyclic) bond motifs is 5. The van der Waals surface area contributed by atoms with Gasteiger partial charge < -0.3 is 15.3 Å². The van der Waals surface area contributed by atoms with Crippen LogP contribution in [-0.2, 0) is 4.84 Å². The number of carbonyl (C=O) groups is 1. The number of aliphatic hydroxyl groups is 1. The van der Waals surface area contributed by atoms with E-state index >= 15 is 0 Å². The molecule has 4 fully saturated rings. The zero-order chi connectivity index (χ0) is 25.9. The molecule has 4 aliphatic carbocycles. The third-order valence-corrected chi connectivity index (χ3v) is 11.3. The van der Waals surface area contributed by atoms with E-state index in [0.717, 1.165) is 56.2 Å². The average molecular weight is 500 g/mol. The molecule has 1 amide bonds. The summed E-state index contributed by atoms with van der Waals surface area (Å²) in [6, 6.07) is 0.312. The lowest BCUT2D eigenvalue weighted by Crippen LogP contribution is -2.51. The van der Waals surface area contributed by atoms with E-state index in [2.05, 4.69) is 51.2 Å². The van der Waals surface area contributed by atoms with E-state index in [-0.39, 0.29) is 28.4 Å². The van der Waals surface area contributed by atoms with Crippen molar-refractivity contribution in [1.82, 2.24) is 10.2 Å². The van der Waals surface area contributed by atoms with Gasteiger partial charge in [0.1, 0.15) is 0 Å². The molecule has 0 bridgehead atoms. The van der Waals surface area contributed by atoms with E-state index in [4.69, 9.17) is 4.84 Å². The molecule has 1 aliphatic heterocycles. The topological polar surface area (TPSA) is 74.2 Å². The highest BCUT2D eigenvalue weighted by molar-refractivity contribution is 5.85. The fourth-order valence-corrected chi connectivity index (χ4v) is 9.41. The Morgan fingerprint density at radius 2 is 1.92 bits per heavy atom. The standard InChI is InChI=1S/C30H49N3O3/c1-19(32-36-27(35)33(6)17-21-16-28(2,3)18-31-21)24-9-10-25-23-8-7-20-15-22(34)11-13-29(20,4)26(23)12-14-30(24,25)5/h15,21-26,31,34H,7-14,16-18H2,1-6H3/b32-19+/t21?,22-,23+,24-,25+,26+,29+,30-/m1/s1. The lowest BCUT2D eigenvalue weighted by Gasteiger charge is -2.58. The van der Waals surface area contributed by atoms with E-state index in [1.165, 1.54) is 31.3 Å². The van der Waals surface area contributed by atoms with Crippen LogP contribution in [0.3, 0.4) is 0 Å². The van der Waals surface area contributed by atoms with E-state index in [0.29, 0.717) is 24.4 Å². The molecular weight excluding hydrogens is 450 g/mol. The van der Waals surface area contributed by atoms with E-state index in [1.54, 1.807) is 4.90 Å². The molecule has 202 valence electrons. The maximum absolute atomic E-state index is 12.7. The minimum Gasteiger partial charge on any atom is -0.389 e. The Morgan fingerprint density at radius 1 is 1.14 bits per heavy atom. The molecule has 5 aliphatic rings. The van der Waals surface area contributed by atoms with Crippen molar-refractivity contribution in [3.63, 3.8) is 0 Å². The molecule has 2 N–H and O–H groups in total. The lowest BCUT2D eigenvalue weighted by molar-refractivity contribution is -0.0479. The number of allylic oxidation sites excluding steroid dienone is 1. The van der Waals surface area contributed by atoms with E-state index < -0.39 is 0 Å². The first-order valence-electron chi connectivity index (χ1n) is 14.5. The van der Waals surface area contributed by atoms with E-state index in [9.17, 15) is 9.90 Å². The number of hydrogen-bond acceptors (Lipinski definition) is 5. The molecule has 0 aromatic carbocycles. The Kier molecular flexibility index (Phi) is 6.85. The van der Waals surface area contributed by atoms with Crippen molar-refractivity contribution in [3.8, 4) is 0 Å². The van der Waals surface area contributed by atoms with Gasteiger partial charge in [-0.2, -0.15) is 0 Å². The van der Waals surface area contributed by atoms with Gasteiger partial charge in [-0.15, -0.1) is 0 Å². The number of hydrogen-bond donors (Lipinski definition) is 2. The van der Waals surface area contributed by atoms with Crippen LogP contribution in [0.4, 0.5) is 4.79 Å². The van der Waals surface area contributed by atoms with Crippen molar-refractivity contribution in [2.24, 2.45) is 45.1 Å². The summed E-state index contributed by atoms with van der Waals surface area (Å²) >= 11 is 0. The smallest absolute Gasteiger partial charge is 0.389 e. The minimum atomic E-state index is -0.358. The van der Waals surface area contributed by atoms with Crippen LogP contribution in [-0.4, -0.2) is 54.1 Å². The van der Waals surface area contributed by atoms with Crippen LogP contribution in [0.5, 0.6) is 0 Å². The predicted molar refractivity (Wildman–Crippen MR) is 144 cm³/mol. The van der Waals surface area contributed by atoms with Gasteiger partial charge in [0.15, 0.2) is 0 Å². The largest absolute Gasteiger partial charge is 0.435 e. The fraction of sp³-hybridized carbons (Fsp3) is 0.867. The van der Waals surface area contributed by atoms with Crippen LogP contribution >= 0.6 is 0 Å². The number of oxime groups is 1. The lowest BCUT2D eigenvalue weighted by atomic mass is 9.46. The van der Waals surface area contributed by atoms with Gasteiger partial charge >= 0.3 is 6.09 Å². The maximum atomic E-state index is 12.7. The number of carbonyl (C=O) groups excluding carboxylic acids is 1. The molecule has 0 aromatic heterocycles. The first-order chi connectivity index (χ1) is 16.9. The quantitative estimate of drug-likeness (QED) is 0.223. The summed E-state index contributed by atoms with van der Waals surface area (Å²) in [5, 5.41) is 18.2. The molecule has 8 atom stereocenters. The molecule has 5 rings (SSSR count). The summed E-state index contributed by atoms with van der Waals surface area (Å²) in [7, 11) is 1.81. The number of nitrogens with one attached hydrogen (secondary N) is 1. The first-order valence-corrected chi connectivity index (χ1v) is 14.5. The molecule has 1 heterocycles. The summed E-state index contributed by atoms with van der Waals surface area (Å²) in [6.45, 7) is 13.2. The van der Waals surface area contributed by atoms with Crippen LogP contribution in [0.15, 0.2) is 16.8 Å². The number of likely N-dealkylation sites (N-methyl/N-ethyl adjacent to an activating group) is 1. The van der Waals surface area contributed by atoms with Gasteiger partial charge in [-0.3, -0.25) is 4.84 Å². The molecule has 1 saturated heterocycles. The SMILES string of the molecule is C/C(=N\OC(=O)N(C)CC1CC(C)(C)CN1)[C@H]1CC[C@H]2[C@@H]3CCC4=C[C@H](O)CC[C@]4(C)[C@H]3CC[C@]12C. The second kappa shape index (κ2) is 9.41. The number of nitrogens with zero attached hydrogens (tertiary/aromatic N) is 2. The van der Waals surface area contributed by atoms with Crippen molar-refractivity contribution in [2.45, 2.75) is 105 Å². The third-order valence-electron chi connectivity index (χ3n) is 11.3. The van der Waals surface area contributed by atoms with Gasteiger partial charge in [0.2, 0.25) is 0 Å². The van der Waals surface area contributed by atoms with Crippen LogP contribution < -0.4 is 5.32 Å². The zero-order valence-electron chi connectivity index (χ0n) is 23.5. The summed E-state index contributed by atoms with van der Waals surface area (Å²) < 4.78 is 0. The second-order valence-corrected chi connectivity index (χ2v) is 14.2. The fourth-order valence-electron chi connectivity index (χ4n) is 9.41. The van der Waals surface area contributed by atoms with Gasteiger partial charge in [-0.05, 0) is 98.7 Å². The second-order valence-electron chi connectivity index (χ2n) is 14.2. The zero-order valence-corrected chi connectivity index (χ0v) is 23.5. The van der Waals surface area contributed by atoms with E-state index in [1.807, 2.05) is 7.05 Å². The molecular formula is C30H49N3O3. The van der Waals surface area contributed by atoms with Crippen LogP contribution in [0.25, 0.3) is 0 Å². The normalized spacial score (nSPS) is 43.8. The molecule has 6 heteroatoms. The van der Waals surface area contributed by atoms with Crippen molar-refractivity contribution in [3.05, 3.63) is 11.6 Å². The van der Waals surface area contributed by atoms with Crippen molar-refractivity contribution in [2.75, 3.05) is 20.1 Å². The third kappa shape index (κ3) is 4.55. The average Bonchev–Trinajstić information content (AvgIpc) is 3.35. The van der Waals surface area contributed by atoms with Gasteiger partial charge in [0.25, 0.3) is 0 Å². The maximum Gasteiger partial charge on any atom is 0.435 e. The molecule has 1 unspecified atom stereocenters. The molecule has 0 radical (unpaired) electrons. The number of aliphatic hydroxyl groups excluding tert-OH is 1. The summed E-state index contributed by atoms with van der Waals surface area (Å²) in [4.78, 5) is 19.8. The van der Waals surface area contributed by atoms with Gasteiger partial charge in [-0.1, -0.05) is 44.5 Å². The Bertz CT molecular complexity index is 928. The molecule has 6 nitrogen and oxygen atoms in total. The highest BCUT2D eigenvalue weighted by Crippen LogP contribution is 2.66. The predicted octanol–water partition coefficient (Wildman–Crippen LogP) is 5.76. The summed E-state index contributed by atoms with van der Waals surface area (Å²) in [5.41, 5.74) is 3.31. The van der Waals surface area contributed by atoms with Gasteiger partial charge in [0, 0.05) is 32.1 Å². The Balaban J connectivity index is 1.22. The Labute approximate surface area is 218 Å². The van der Waals surface area contributed by atoms with Gasteiger partial charge in [-0.25, -0.2) is 4.79 Å². The highest BCUT2D eigenvalue weighted by atomic mass is 16.7. The van der Waals surface area contributed by atoms with Crippen LogP contribution in [0.2, 0.25) is 0 Å². The first kappa shape index (κ1) is 26.2. The summed E-state index contributed by atoms with van der Waals surface area (Å²) in [6.07, 6.45) is 12.0. The summed E-state index contributed by atoms with van der Waals surface area (Å²) in [5.74, 6) is 2.60. The number of rotatable bonds is 4. The van der Waals surface area contributed by atoms with Crippen molar-refractivity contribution in [1.29, 1.82) is 0 Å². The monoisotopic (exact) mass is 499 g/mol. The van der Waals surface area contributed by atoms with Crippen LogP contribution in [0.1, 0.15) is 92.4 Å². The Morgan fingerprint density at radius 3 is 2.64 bits per heavy atom. The van der Waals surface area contributed by atoms with Gasteiger partial charge in [0.05, 0.1) is 11.8 Å². The molecule has 3 saturated carbocycles. The highest BCUT2D eigenvalue weighted by Gasteiger charge is 2.59. The molecule has 0 aromatic rings. The van der Waals surface area contributed by atoms with Crippen LogP contribution in [0, 0.1) is 39.9 Å². The molecule has 0 spiro atoms. The van der Waals surface area contributed by atoms with Crippen molar-refractivity contribution >= 4 is 11.8 Å². The minimum absolute atomic E-state index is 0.234. The number of amides is 1. The van der Waals surface area contributed by atoms with Crippen molar-refractivity contribution < 1.29 is 14.7 Å².